The highest BCUT2D eigenvalue weighted by molar-refractivity contribution is 4.89. The first-order valence-electron chi connectivity index (χ1n) is 6.61. The van der Waals surface area contributed by atoms with Crippen molar-refractivity contribution < 1.29 is 0 Å². The highest BCUT2D eigenvalue weighted by Gasteiger charge is 2.32. The van der Waals surface area contributed by atoms with Gasteiger partial charge in [0.15, 0.2) is 0 Å². The third-order valence-electron chi connectivity index (χ3n) is 4.10. The molecule has 3 heteroatoms. The van der Waals surface area contributed by atoms with Crippen molar-refractivity contribution in [3.05, 3.63) is 0 Å². The molecule has 0 aliphatic carbocycles. The van der Waals surface area contributed by atoms with Crippen molar-refractivity contribution in [3.8, 4) is 0 Å². The Labute approximate surface area is 101 Å². The van der Waals surface area contributed by atoms with Gasteiger partial charge in [-0.25, -0.2) is 0 Å². The Balaban J connectivity index is 2.65. The molecular formula is C13H29N3. The summed E-state index contributed by atoms with van der Waals surface area (Å²) in [5.74, 6) is 0. The molecule has 1 rings (SSSR count). The average molecular weight is 227 g/mol. The highest BCUT2D eigenvalue weighted by Crippen LogP contribution is 2.24. The van der Waals surface area contributed by atoms with Gasteiger partial charge in [0.2, 0.25) is 0 Å². The standard InChI is InChI=1S/C13H29N3/c1-6-16-11-12(7-9-14-4)15(5)10-8-13(16,2)3/h12,14H,6-11H2,1-5H3. The molecule has 0 spiro atoms. The summed E-state index contributed by atoms with van der Waals surface area (Å²) in [4.78, 5) is 5.17. The second-order valence-electron chi connectivity index (χ2n) is 5.63. The number of nitrogens with one attached hydrogen (secondary N) is 1. The highest BCUT2D eigenvalue weighted by atomic mass is 15.3. The van der Waals surface area contributed by atoms with Crippen LogP contribution in [-0.2, 0) is 0 Å². The van der Waals surface area contributed by atoms with E-state index >= 15 is 0 Å². The summed E-state index contributed by atoms with van der Waals surface area (Å²) in [6.07, 6.45) is 2.52. The molecule has 1 atom stereocenters. The van der Waals surface area contributed by atoms with E-state index in [0.717, 1.165) is 13.1 Å². The Morgan fingerprint density at radius 1 is 1.38 bits per heavy atom. The maximum atomic E-state index is 3.26. The van der Waals surface area contributed by atoms with Gasteiger partial charge in [0, 0.05) is 18.1 Å². The molecule has 1 aliphatic heterocycles. The summed E-state index contributed by atoms with van der Waals surface area (Å²) >= 11 is 0. The lowest BCUT2D eigenvalue weighted by molar-refractivity contribution is 0.120. The van der Waals surface area contributed by atoms with Gasteiger partial charge >= 0.3 is 0 Å². The summed E-state index contributed by atoms with van der Waals surface area (Å²) in [7, 11) is 4.31. The predicted octanol–water partition coefficient (Wildman–Crippen LogP) is 1.40. The van der Waals surface area contributed by atoms with E-state index < -0.39 is 0 Å². The number of nitrogens with zero attached hydrogens (tertiary/aromatic N) is 2. The summed E-state index contributed by atoms with van der Waals surface area (Å²) in [5.41, 5.74) is 0.359. The van der Waals surface area contributed by atoms with Gasteiger partial charge in [-0.15, -0.1) is 0 Å². The van der Waals surface area contributed by atoms with E-state index in [1.165, 1.54) is 25.9 Å². The second kappa shape index (κ2) is 5.99. The zero-order chi connectivity index (χ0) is 12.2. The van der Waals surface area contributed by atoms with Crippen LogP contribution < -0.4 is 5.32 Å². The van der Waals surface area contributed by atoms with E-state index in [1.807, 2.05) is 7.05 Å². The Hall–Kier alpha value is -0.120. The van der Waals surface area contributed by atoms with Crippen molar-refractivity contribution in [2.24, 2.45) is 0 Å². The average Bonchev–Trinajstić information content (AvgIpc) is 2.35. The minimum atomic E-state index is 0.359. The number of hydrogen-bond acceptors (Lipinski definition) is 3. The van der Waals surface area contributed by atoms with Crippen molar-refractivity contribution >= 4 is 0 Å². The van der Waals surface area contributed by atoms with E-state index in [-0.39, 0.29) is 0 Å². The Morgan fingerprint density at radius 2 is 2.06 bits per heavy atom. The molecule has 1 unspecified atom stereocenters. The summed E-state index contributed by atoms with van der Waals surface area (Å²) < 4.78 is 0. The molecule has 1 saturated heterocycles. The van der Waals surface area contributed by atoms with Crippen molar-refractivity contribution in [3.63, 3.8) is 0 Å². The molecule has 0 radical (unpaired) electrons. The fourth-order valence-corrected chi connectivity index (χ4v) is 2.61. The van der Waals surface area contributed by atoms with Gasteiger partial charge in [-0.2, -0.15) is 0 Å². The van der Waals surface area contributed by atoms with Crippen LogP contribution >= 0.6 is 0 Å². The topological polar surface area (TPSA) is 18.5 Å². The van der Waals surface area contributed by atoms with Crippen LogP contribution in [0.1, 0.15) is 33.6 Å². The van der Waals surface area contributed by atoms with Crippen LogP contribution in [0.3, 0.4) is 0 Å². The summed E-state index contributed by atoms with van der Waals surface area (Å²) in [6.45, 7) is 11.8. The molecule has 0 aromatic carbocycles. The third-order valence-corrected chi connectivity index (χ3v) is 4.10. The van der Waals surface area contributed by atoms with E-state index in [0.29, 0.717) is 11.6 Å². The van der Waals surface area contributed by atoms with Gasteiger partial charge in [-0.1, -0.05) is 6.92 Å². The molecule has 1 heterocycles. The molecule has 1 fully saturated rings. The van der Waals surface area contributed by atoms with Crippen LogP contribution in [0.25, 0.3) is 0 Å². The quantitative estimate of drug-likeness (QED) is 0.783. The number of rotatable bonds is 4. The molecule has 1 aliphatic rings. The Morgan fingerprint density at radius 3 is 2.62 bits per heavy atom. The lowest BCUT2D eigenvalue weighted by atomic mass is 9.98. The van der Waals surface area contributed by atoms with Gasteiger partial charge in [0.1, 0.15) is 0 Å². The van der Waals surface area contributed by atoms with E-state index in [9.17, 15) is 0 Å². The van der Waals surface area contributed by atoms with Crippen LogP contribution in [0, 0.1) is 0 Å². The van der Waals surface area contributed by atoms with Gasteiger partial charge in [0.05, 0.1) is 0 Å². The van der Waals surface area contributed by atoms with Gasteiger partial charge in [0.25, 0.3) is 0 Å². The summed E-state index contributed by atoms with van der Waals surface area (Å²) in [6, 6.07) is 0.703. The van der Waals surface area contributed by atoms with Crippen molar-refractivity contribution in [1.82, 2.24) is 15.1 Å². The first-order valence-corrected chi connectivity index (χ1v) is 6.61. The third kappa shape index (κ3) is 3.44. The first-order chi connectivity index (χ1) is 7.51. The summed E-state index contributed by atoms with van der Waals surface area (Å²) in [5, 5.41) is 3.26. The Bertz CT molecular complexity index is 203. The lowest BCUT2D eigenvalue weighted by Gasteiger charge is -2.37. The second-order valence-corrected chi connectivity index (χ2v) is 5.63. The van der Waals surface area contributed by atoms with Crippen LogP contribution in [-0.4, -0.2) is 61.7 Å². The SMILES string of the molecule is CCN1CC(CCNC)N(C)CCC1(C)C. The maximum Gasteiger partial charge on any atom is 0.0232 e. The molecule has 0 bridgehead atoms. The first kappa shape index (κ1) is 13.9. The monoisotopic (exact) mass is 227 g/mol. The number of likely N-dealkylation sites (N-methyl/N-ethyl adjacent to an activating group) is 2. The van der Waals surface area contributed by atoms with E-state index in [1.54, 1.807) is 0 Å². The van der Waals surface area contributed by atoms with Crippen LogP contribution in [0.4, 0.5) is 0 Å². The molecule has 0 amide bonds. The minimum Gasteiger partial charge on any atom is -0.320 e. The van der Waals surface area contributed by atoms with Crippen molar-refractivity contribution in [1.29, 1.82) is 0 Å². The van der Waals surface area contributed by atoms with Gasteiger partial charge < -0.3 is 10.2 Å². The van der Waals surface area contributed by atoms with Gasteiger partial charge in [-0.3, -0.25) is 4.90 Å². The van der Waals surface area contributed by atoms with E-state index in [4.69, 9.17) is 0 Å². The molecule has 16 heavy (non-hydrogen) atoms. The van der Waals surface area contributed by atoms with Gasteiger partial charge in [-0.05, 0) is 60.4 Å². The molecule has 0 aromatic heterocycles. The zero-order valence-corrected chi connectivity index (χ0v) is 11.7. The largest absolute Gasteiger partial charge is 0.320 e. The number of hydrogen-bond donors (Lipinski definition) is 1. The fraction of sp³-hybridized carbons (Fsp3) is 1.00. The molecule has 0 aromatic rings. The minimum absolute atomic E-state index is 0.359. The smallest absolute Gasteiger partial charge is 0.0232 e. The van der Waals surface area contributed by atoms with Crippen LogP contribution in [0.15, 0.2) is 0 Å². The van der Waals surface area contributed by atoms with Crippen molar-refractivity contribution in [2.45, 2.75) is 45.2 Å². The molecule has 96 valence electrons. The van der Waals surface area contributed by atoms with E-state index in [2.05, 4.69) is 42.9 Å². The molecular weight excluding hydrogens is 198 g/mol. The zero-order valence-electron chi connectivity index (χ0n) is 11.7. The van der Waals surface area contributed by atoms with Crippen LogP contribution in [0.2, 0.25) is 0 Å². The molecule has 0 saturated carbocycles. The van der Waals surface area contributed by atoms with Crippen molar-refractivity contribution in [2.75, 3.05) is 40.3 Å². The maximum absolute atomic E-state index is 3.26. The molecule has 1 N–H and O–H groups in total. The normalized spacial score (nSPS) is 27.9. The predicted molar refractivity (Wildman–Crippen MR) is 70.9 cm³/mol. The van der Waals surface area contributed by atoms with Crippen LogP contribution in [0.5, 0.6) is 0 Å². The fourth-order valence-electron chi connectivity index (χ4n) is 2.61. The lowest BCUT2D eigenvalue weighted by Crippen LogP contribution is -2.46. The molecule has 3 nitrogen and oxygen atoms in total. The Kier molecular flexibility index (Phi) is 5.22.